The molecule has 2 amide bonds. The lowest BCUT2D eigenvalue weighted by molar-refractivity contribution is -0.138. The van der Waals surface area contributed by atoms with E-state index in [4.69, 9.17) is 5.11 Å². The SMILES string of the molecule is O=C(O)CNC(=O)C1CSC(Cc2ccccc2F)C(=O)N1. The third-order valence-electron chi connectivity index (χ3n) is 3.17. The monoisotopic (exact) mass is 326 g/mol. The Labute approximate surface area is 130 Å². The summed E-state index contributed by atoms with van der Waals surface area (Å²) in [7, 11) is 0. The molecule has 22 heavy (non-hydrogen) atoms. The summed E-state index contributed by atoms with van der Waals surface area (Å²) in [6.45, 7) is -0.492. The Kier molecular flexibility index (Phi) is 5.37. The molecule has 2 unspecified atom stereocenters. The zero-order valence-corrected chi connectivity index (χ0v) is 12.4. The number of benzene rings is 1. The number of nitrogens with one attached hydrogen (secondary N) is 2. The van der Waals surface area contributed by atoms with Gasteiger partial charge in [0.2, 0.25) is 11.8 Å². The molecule has 6 nitrogen and oxygen atoms in total. The van der Waals surface area contributed by atoms with Crippen molar-refractivity contribution in [2.45, 2.75) is 17.7 Å². The van der Waals surface area contributed by atoms with Crippen molar-refractivity contribution >= 4 is 29.5 Å². The van der Waals surface area contributed by atoms with Crippen LogP contribution in [-0.4, -0.2) is 46.5 Å². The van der Waals surface area contributed by atoms with Gasteiger partial charge in [0.1, 0.15) is 18.4 Å². The van der Waals surface area contributed by atoms with Gasteiger partial charge < -0.3 is 15.7 Å². The van der Waals surface area contributed by atoms with E-state index in [0.29, 0.717) is 11.3 Å². The summed E-state index contributed by atoms with van der Waals surface area (Å²) in [6.07, 6.45) is 0.243. The van der Waals surface area contributed by atoms with Crippen LogP contribution in [0.2, 0.25) is 0 Å². The second-order valence-corrected chi connectivity index (χ2v) is 6.03. The number of hydrogen-bond acceptors (Lipinski definition) is 4. The van der Waals surface area contributed by atoms with Crippen LogP contribution in [0.5, 0.6) is 0 Å². The number of carboxylic acid groups (broad SMARTS) is 1. The Morgan fingerprint density at radius 1 is 1.41 bits per heavy atom. The Hall–Kier alpha value is -2.09. The number of rotatable bonds is 5. The van der Waals surface area contributed by atoms with Crippen LogP contribution in [0.1, 0.15) is 5.56 Å². The summed E-state index contributed by atoms with van der Waals surface area (Å²) in [5.74, 6) is -2.09. The van der Waals surface area contributed by atoms with Gasteiger partial charge in [-0.1, -0.05) is 18.2 Å². The number of carboxylic acids is 1. The lowest BCUT2D eigenvalue weighted by atomic mass is 10.1. The van der Waals surface area contributed by atoms with Crippen LogP contribution in [-0.2, 0) is 20.8 Å². The van der Waals surface area contributed by atoms with Crippen molar-refractivity contribution in [1.29, 1.82) is 0 Å². The summed E-state index contributed by atoms with van der Waals surface area (Å²) in [5, 5.41) is 12.8. The maximum Gasteiger partial charge on any atom is 0.322 e. The smallest absolute Gasteiger partial charge is 0.322 e. The van der Waals surface area contributed by atoms with Crippen molar-refractivity contribution in [3.05, 3.63) is 35.6 Å². The molecule has 2 atom stereocenters. The molecule has 1 heterocycles. The molecule has 3 N–H and O–H groups in total. The molecule has 0 aromatic heterocycles. The van der Waals surface area contributed by atoms with E-state index in [2.05, 4.69) is 10.6 Å². The minimum Gasteiger partial charge on any atom is -0.480 e. The van der Waals surface area contributed by atoms with E-state index in [1.54, 1.807) is 18.2 Å². The molecule has 1 saturated heterocycles. The van der Waals surface area contributed by atoms with Gasteiger partial charge in [0.15, 0.2) is 0 Å². The third-order valence-corrected chi connectivity index (χ3v) is 4.48. The van der Waals surface area contributed by atoms with Crippen molar-refractivity contribution in [2.75, 3.05) is 12.3 Å². The first kappa shape index (κ1) is 16.3. The van der Waals surface area contributed by atoms with Crippen molar-refractivity contribution in [2.24, 2.45) is 0 Å². The standard InChI is InChI=1S/C14H15FN2O4S/c15-9-4-2-1-3-8(9)5-11-14(21)17-10(7-22-11)13(20)16-6-12(18)19/h1-4,10-11H,5-7H2,(H,16,20)(H,17,21)(H,18,19). The Balaban J connectivity index is 1.90. The van der Waals surface area contributed by atoms with Crippen LogP contribution in [0, 0.1) is 5.82 Å². The average Bonchev–Trinajstić information content (AvgIpc) is 2.49. The minimum absolute atomic E-state index is 0.243. The minimum atomic E-state index is -1.15. The number of hydrogen-bond donors (Lipinski definition) is 3. The fourth-order valence-corrected chi connectivity index (χ4v) is 3.21. The molecule has 0 radical (unpaired) electrons. The normalized spacial score (nSPS) is 21.0. The van der Waals surface area contributed by atoms with Crippen LogP contribution in [0.25, 0.3) is 0 Å². The topological polar surface area (TPSA) is 95.5 Å². The lowest BCUT2D eigenvalue weighted by Gasteiger charge is -2.28. The highest BCUT2D eigenvalue weighted by molar-refractivity contribution is 8.00. The molecular weight excluding hydrogens is 311 g/mol. The van der Waals surface area contributed by atoms with Gasteiger partial charge in [-0.2, -0.15) is 0 Å². The molecule has 1 aliphatic heterocycles. The summed E-state index contributed by atoms with van der Waals surface area (Å²) in [5.41, 5.74) is 0.448. The van der Waals surface area contributed by atoms with Gasteiger partial charge in [0.25, 0.3) is 0 Å². The molecule has 118 valence electrons. The lowest BCUT2D eigenvalue weighted by Crippen LogP contribution is -2.55. The average molecular weight is 326 g/mol. The van der Waals surface area contributed by atoms with Crippen LogP contribution < -0.4 is 10.6 Å². The predicted octanol–water partition coefficient (Wildman–Crippen LogP) is 0.169. The van der Waals surface area contributed by atoms with Crippen molar-refractivity contribution in [1.82, 2.24) is 10.6 Å². The first-order valence-corrected chi connectivity index (χ1v) is 7.67. The summed E-state index contributed by atoms with van der Waals surface area (Å²) in [4.78, 5) is 34.1. The number of aliphatic carboxylic acids is 1. The van der Waals surface area contributed by atoms with E-state index in [1.165, 1.54) is 17.8 Å². The van der Waals surface area contributed by atoms with E-state index in [0.717, 1.165) is 0 Å². The van der Waals surface area contributed by atoms with Gasteiger partial charge in [0.05, 0.1) is 5.25 Å². The summed E-state index contributed by atoms with van der Waals surface area (Å²) in [6, 6.07) is 5.47. The van der Waals surface area contributed by atoms with Gasteiger partial charge in [-0.15, -0.1) is 11.8 Å². The van der Waals surface area contributed by atoms with Crippen molar-refractivity contribution in [3.63, 3.8) is 0 Å². The van der Waals surface area contributed by atoms with Gasteiger partial charge in [0, 0.05) is 5.75 Å². The number of amides is 2. The van der Waals surface area contributed by atoms with Gasteiger partial charge in [-0.05, 0) is 18.1 Å². The van der Waals surface area contributed by atoms with Crippen molar-refractivity contribution < 1.29 is 23.9 Å². The van der Waals surface area contributed by atoms with Gasteiger partial charge in [-0.25, -0.2) is 4.39 Å². The number of carbonyl (C=O) groups excluding carboxylic acids is 2. The number of carbonyl (C=O) groups is 3. The second kappa shape index (κ2) is 7.26. The molecule has 1 aromatic carbocycles. The molecular formula is C14H15FN2O4S. The number of halogens is 1. The Bertz CT molecular complexity index is 596. The molecule has 1 aromatic rings. The molecule has 0 aliphatic carbocycles. The van der Waals surface area contributed by atoms with E-state index in [1.807, 2.05) is 0 Å². The molecule has 0 spiro atoms. The maximum atomic E-state index is 13.6. The van der Waals surface area contributed by atoms with Crippen LogP contribution >= 0.6 is 11.8 Å². The predicted molar refractivity (Wildman–Crippen MR) is 78.9 cm³/mol. The fourth-order valence-electron chi connectivity index (χ4n) is 2.04. The quantitative estimate of drug-likeness (QED) is 0.717. The van der Waals surface area contributed by atoms with Gasteiger partial charge in [-0.3, -0.25) is 14.4 Å². The molecule has 1 fully saturated rings. The Morgan fingerprint density at radius 2 is 2.14 bits per heavy atom. The zero-order valence-electron chi connectivity index (χ0n) is 11.5. The molecule has 0 saturated carbocycles. The van der Waals surface area contributed by atoms with Gasteiger partial charge >= 0.3 is 5.97 Å². The van der Waals surface area contributed by atoms with Crippen LogP contribution in [0.15, 0.2) is 24.3 Å². The molecule has 1 aliphatic rings. The van der Waals surface area contributed by atoms with Crippen molar-refractivity contribution in [3.8, 4) is 0 Å². The highest BCUT2D eigenvalue weighted by atomic mass is 32.2. The van der Waals surface area contributed by atoms with E-state index >= 15 is 0 Å². The maximum absolute atomic E-state index is 13.6. The highest BCUT2D eigenvalue weighted by Crippen LogP contribution is 2.23. The fraction of sp³-hybridized carbons (Fsp3) is 0.357. The van der Waals surface area contributed by atoms with E-state index < -0.39 is 29.7 Å². The highest BCUT2D eigenvalue weighted by Gasteiger charge is 2.32. The molecule has 8 heteroatoms. The van der Waals surface area contributed by atoms with E-state index in [9.17, 15) is 18.8 Å². The first-order chi connectivity index (χ1) is 10.5. The third kappa shape index (κ3) is 4.20. The van der Waals surface area contributed by atoms with E-state index in [-0.39, 0.29) is 18.1 Å². The molecule has 0 bridgehead atoms. The summed E-state index contributed by atoms with van der Waals surface area (Å²) >= 11 is 1.26. The first-order valence-electron chi connectivity index (χ1n) is 6.62. The second-order valence-electron chi connectivity index (χ2n) is 4.79. The Morgan fingerprint density at radius 3 is 2.77 bits per heavy atom. The van der Waals surface area contributed by atoms with Crippen LogP contribution in [0.4, 0.5) is 4.39 Å². The summed E-state index contributed by atoms with van der Waals surface area (Å²) < 4.78 is 13.6. The largest absolute Gasteiger partial charge is 0.480 e. The molecule has 2 rings (SSSR count). The van der Waals surface area contributed by atoms with Crippen LogP contribution in [0.3, 0.4) is 0 Å². The zero-order chi connectivity index (χ0) is 16.1. The number of thioether (sulfide) groups is 1.